The molecule has 0 aromatic rings. The van der Waals surface area contributed by atoms with E-state index in [2.05, 4.69) is 5.32 Å². The molecule has 0 aromatic heterocycles. The van der Waals surface area contributed by atoms with Crippen molar-refractivity contribution in [2.24, 2.45) is 5.92 Å². The first-order chi connectivity index (χ1) is 9.73. The lowest BCUT2D eigenvalue weighted by Gasteiger charge is -2.32. The van der Waals surface area contributed by atoms with Crippen molar-refractivity contribution in [1.29, 1.82) is 0 Å². The lowest BCUT2D eigenvalue weighted by molar-refractivity contribution is -0.156. The summed E-state index contributed by atoms with van der Waals surface area (Å²) in [5.41, 5.74) is -0.623. The monoisotopic (exact) mass is 283 g/mol. The fraction of sp³-hybridized carbons (Fsp3) is 0.938. The molecule has 2 rings (SSSR count). The Hall–Kier alpha value is -0.610. The SMILES string of the molecule is CCOC(=O)C(COC1CCCCCC1)(NC)C1CC1. The summed E-state index contributed by atoms with van der Waals surface area (Å²) >= 11 is 0. The summed E-state index contributed by atoms with van der Waals surface area (Å²) in [6, 6.07) is 0. The number of rotatable bonds is 7. The van der Waals surface area contributed by atoms with Crippen molar-refractivity contribution < 1.29 is 14.3 Å². The van der Waals surface area contributed by atoms with Crippen LogP contribution in [0.15, 0.2) is 0 Å². The summed E-state index contributed by atoms with van der Waals surface area (Å²) < 4.78 is 11.4. The van der Waals surface area contributed by atoms with E-state index in [-0.39, 0.29) is 5.97 Å². The number of carbonyl (C=O) groups is 1. The predicted molar refractivity (Wildman–Crippen MR) is 78.6 cm³/mol. The molecule has 1 atom stereocenters. The Balaban J connectivity index is 1.94. The minimum atomic E-state index is -0.623. The van der Waals surface area contributed by atoms with Crippen molar-refractivity contribution in [2.75, 3.05) is 20.3 Å². The summed E-state index contributed by atoms with van der Waals surface area (Å²) in [5.74, 6) is 0.232. The van der Waals surface area contributed by atoms with Gasteiger partial charge in [0.1, 0.15) is 5.54 Å². The molecule has 20 heavy (non-hydrogen) atoms. The zero-order valence-corrected chi connectivity index (χ0v) is 13.0. The van der Waals surface area contributed by atoms with E-state index in [9.17, 15) is 4.79 Å². The summed E-state index contributed by atoms with van der Waals surface area (Å²) in [7, 11) is 1.85. The van der Waals surface area contributed by atoms with Crippen LogP contribution in [0.25, 0.3) is 0 Å². The molecule has 0 aliphatic heterocycles. The second-order valence-electron chi connectivity index (χ2n) is 6.14. The molecule has 0 saturated heterocycles. The Labute approximate surface area is 122 Å². The highest BCUT2D eigenvalue weighted by molar-refractivity contribution is 5.82. The van der Waals surface area contributed by atoms with Crippen molar-refractivity contribution in [2.45, 2.75) is 69.9 Å². The molecule has 1 unspecified atom stereocenters. The van der Waals surface area contributed by atoms with Crippen LogP contribution in [0.3, 0.4) is 0 Å². The molecule has 2 aliphatic rings. The Morgan fingerprint density at radius 3 is 2.30 bits per heavy atom. The van der Waals surface area contributed by atoms with Gasteiger partial charge < -0.3 is 14.8 Å². The third kappa shape index (κ3) is 3.73. The first-order valence-corrected chi connectivity index (χ1v) is 8.20. The van der Waals surface area contributed by atoms with Crippen LogP contribution in [0.1, 0.15) is 58.3 Å². The number of carbonyl (C=O) groups excluding carboxylic acids is 1. The van der Waals surface area contributed by atoms with E-state index >= 15 is 0 Å². The number of hydrogen-bond donors (Lipinski definition) is 1. The zero-order valence-electron chi connectivity index (χ0n) is 13.0. The van der Waals surface area contributed by atoms with E-state index < -0.39 is 5.54 Å². The minimum Gasteiger partial charge on any atom is -0.465 e. The molecule has 2 saturated carbocycles. The maximum Gasteiger partial charge on any atom is 0.329 e. The Bertz CT molecular complexity index is 309. The van der Waals surface area contributed by atoms with Gasteiger partial charge in [-0.1, -0.05) is 25.7 Å². The van der Waals surface area contributed by atoms with Gasteiger partial charge in [0.2, 0.25) is 0 Å². The summed E-state index contributed by atoms with van der Waals surface area (Å²) in [6.07, 6.45) is 9.90. The van der Waals surface area contributed by atoms with Crippen LogP contribution in [0.4, 0.5) is 0 Å². The van der Waals surface area contributed by atoms with Crippen molar-refractivity contribution in [3.63, 3.8) is 0 Å². The van der Waals surface area contributed by atoms with Crippen molar-refractivity contribution >= 4 is 5.97 Å². The van der Waals surface area contributed by atoms with Gasteiger partial charge in [0, 0.05) is 0 Å². The van der Waals surface area contributed by atoms with Gasteiger partial charge in [-0.3, -0.25) is 0 Å². The van der Waals surface area contributed by atoms with Gasteiger partial charge in [0.25, 0.3) is 0 Å². The lowest BCUT2D eigenvalue weighted by atomic mass is 9.94. The number of ether oxygens (including phenoxy) is 2. The van der Waals surface area contributed by atoms with E-state index in [1.54, 1.807) is 0 Å². The van der Waals surface area contributed by atoms with Crippen LogP contribution in [-0.4, -0.2) is 37.9 Å². The van der Waals surface area contributed by atoms with Crippen molar-refractivity contribution in [1.82, 2.24) is 5.32 Å². The topological polar surface area (TPSA) is 47.6 Å². The largest absolute Gasteiger partial charge is 0.465 e. The molecule has 0 heterocycles. The van der Waals surface area contributed by atoms with Crippen LogP contribution in [0.5, 0.6) is 0 Å². The third-order valence-electron chi connectivity index (χ3n) is 4.71. The maximum atomic E-state index is 12.4. The van der Waals surface area contributed by atoms with Crippen molar-refractivity contribution in [3.05, 3.63) is 0 Å². The van der Waals surface area contributed by atoms with E-state index in [1.165, 1.54) is 25.7 Å². The summed E-state index contributed by atoms with van der Waals surface area (Å²) in [4.78, 5) is 12.4. The lowest BCUT2D eigenvalue weighted by Crippen LogP contribution is -2.57. The second-order valence-corrected chi connectivity index (χ2v) is 6.14. The van der Waals surface area contributed by atoms with Crippen LogP contribution in [-0.2, 0) is 14.3 Å². The molecule has 0 radical (unpaired) electrons. The Morgan fingerprint density at radius 2 is 1.80 bits per heavy atom. The molecule has 2 fully saturated rings. The second kappa shape index (κ2) is 7.41. The molecule has 0 amide bonds. The number of likely N-dealkylation sites (N-methyl/N-ethyl adjacent to an activating group) is 1. The summed E-state index contributed by atoms with van der Waals surface area (Å²) in [5, 5.41) is 3.22. The average molecular weight is 283 g/mol. The molecule has 2 aliphatic carbocycles. The maximum absolute atomic E-state index is 12.4. The highest BCUT2D eigenvalue weighted by atomic mass is 16.5. The normalized spacial score (nSPS) is 23.9. The molecule has 1 N–H and O–H groups in total. The molecule has 0 aromatic carbocycles. The minimum absolute atomic E-state index is 0.140. The van der Waals surface area contributed by atoms with Gasteiger partial charge in [-0.25, -0.2) is 4.79 Å². The molecule has 116 valence electrons. The van der Waals surface area contributed by atoms with Crippen LogP contribution < -0.4 is 5.32 Å². The van der Waals surface area contributed by atoms with Crippen LogP contribution in [0, 0.1) is 5.92 Å². The van der Waals surface area contributed by atoms with Crippen molar-refractivity contribution in [3.8, 4) is 0 Å². The molecular formula is C16H29NO3. The quantitative estimate of drug-likeness (QED) is 0.576. The van der Waals surface area contributed by atoms with Gasteiger partial charge in [-0.15, -0.1) is 0 Å². The van der Waals surface area contributed by atoms with Gasteiger partial charge in [-0.05, 0) is 45.6 Å². The molecule has 0 bridgehead atoms. The highest BCUT2D eigenvalue weighted by Gasteiger charge is 2.51. The van der Waals surface area contributed by atoms with E-state index in [1.807, 2.05) is 14.0 Å². The number of hydrogen-bond acceptors (Lipinski definition) is 4. The molecule has 4 heteroatoms. The summed E-state index contributed by atoms with van der Waals surface area (Å²) in [6.45, 7) is 2.74. The Morgan fingerprint density at radius 1 is 1.15 bits per heavy atom. The first-order valence-electron chi connectivity index (χ1n) is 8.20. The number of esters is 1. The zero-order chi connectivity index (χ0) is 14.4. The van der Waals surface area contributed by atoms with Crippen LogP contribution in [0.2, 0.25) is 0 Å². The van der Waals surface area contributed by atoms with Crippen LogP contribution >= 0.6 is 0 Å². The van der Waals surface area contributed by atoms with Gasteiger partial charge in [0.15, 0.2) is 0 Å². The predicted octanol–water partition coefficient (Wildman–Crippen LogP) is 2.66. The van der Waals surface area contributed by atoms with Gasteiger partial charge >= 0.3 is 5.97 Å². The third-order valence-corrected chi connectivity index (χ3v) is 4.71. The highest BCUT2D eigenvalue weighted by Crippen LogP contribution is 2.41. The first kappa shape index (κ1) is 15.8. The average Bonchev–Trinajstić information content (AvgIpc) is 3.28. The Kier molecular flexibility index (Phi) is 5.85. The van der Waals surface area contributed by atoms with Gasteiger partial charge in [0.05, 0.1) is 19.3 Å². The smallest absolute Gasteiger partial charge is 0.329 e. The van der Waals surface area contributed by atoms with E-state index in [0.29, 0.717) is 25.2 Å². The van der Waals surface area contributed by atoms with Gasteiger partial charge in [-0.2, -0.15) is 0 Å². The fourth-order valence-electron chi connectivity index (χ4n) is 3.22. The number of nitrogens with one attached hydrogen (secondary N) is 1. The standard InChI is InChI=1S/C16H29NO3/c1-3-19-15(18)16(17-2,13-10-11-13)12-20-14-8-6-4-5-7-9-14/h13-14,17H,3-12H2,1-2H3. The molecule has 4 nitrogen and oxygen atoms in total. The molecule has 0 spiro atoms. The fourth-order valence-corrected chi connectivity index (χ4v) is 3.22. The van der Waals surface area contributed by atoms with E-state index in [0.717, 1.165) is 25.7 Å². The van der Waals surface area contributed by atoms with E-state index in [4.69, 9.17) is 9.47 Å². The molecular weight excluding hydrogens is 254 g/mol.